The molecule has 0 spiro atoms. The molecule has 0 aromatic heterocycles. The lowest BCUT2D eigenvalue weighted by atomic mass is 10.0. The monoisotopic (exact) mass is 415 g/mol. The number of imide groups is 1. The van der Waals surface area contributed by atoms with Gasteiger partial charge in [-0.05, 0) is 37.5 Å². The Hall–Kier alpha value is -2.65. The van der Waals surface area contributed by atoms with Crippen molar-refractivity contribution in [3.05, 3.63) is 29.8 Å². The quantitative estimate of drug-likeness (QED) is 0.728. The summed E-state index contributed by atoms with van der Waals surface area (Å²) in [6, 6.07) is 7.23. The number of fused-ring (bicyclic) bond motifs is 3. The van der Waals surface area contributed by atoms with Gasteiger partial charge in [0.05, 0.1) is 6.61 Å². The van der Waals surface area contributed by atoms with E-state index in [9.17, 15) is 14.4 Å². The number of esters is 1. The molecule has 3 fully saturated rings. The highest BCUT2D eigenvalue weighted by Gasteiger charge is 2.57. The standard InChI is InChI=1S/C21H29N5O4/c1-5-30-16(27)12-26-19(28)17-18(23(4)21(26)29)22-20-24(10-14(3)11-25(17)20)15-8-6-7-13(2)9-15/h6-9,14,17-18,20,22H,5,10-12H2,1-4H3. The molecule has 3 amide bonds. The van der Waals surface area contributed by atoms with E-state index in [1.807, 2.05) is 6.07 Å². The third kappa shape index (κ3) is 3.41. The molecule has 162 valence electrons. The smallest absolute Gasteiger partial charge is 0.328 e. The second kappa shape index (κ2) is 7.88. The van der Waals surface area contributed by atoms with Crippen LogP contribution in [0.5, 0.6) is 0 Å². The number of carbonyl (C=O) groups is 3. The number of amides is 3. The summed E-state index contributed by atoms with van der Waals surface area (Å²) in [5.41, 5.74) is 2.24. The summed E-state index contributed by atoms with van der Waals surface area (Å²) in [7, 11) is 1.66. The molecule has 3 heterocycles. The molecule has 3 aliphatic rings. The summed E-state index contributed by atoms with van der Waals surface area (Å²) in [6.07, 6.45) is -0.661. The molecule has 0 radical (unpaired) electrons. The molecule has 3 saturated heterocycles. The van der Waals surface area contributed by atoms with Crippen LogP contribution in [-0.2, 0) is 14.3 Å². The van der Waals surface area contributed by atoms with Crippen molar-refractivity contribution in [2.45, 2.75) is 39.3 Å². The molecule has 9 nitrogen and oxygen atoms in total. The summed E-state index contributed by atoms with van der Waals surface area (Å²) < 4.78 is 4.96. The fourth-order valence-corrected chi connectivity index (χ4v) is 4.71. The van der Waals surface area contributed by atoms with E-state index in [1.165, 1.54) is 4.90 Å². The first-order valence-electron chi connectivity index (χ1n) is 10.4. The summed E-state index contributed by atoms with van der Waals surface area (Å²) in [6.45, 7) is 7.31. The molecular formula is C21H29N5O4. The number of benzene rings is 1. The van der Waals surface area contributed by atoms with Crippen LogP contribution in [0.15, 0.2) is 24.3 Å². The zero-order valence-electron chi connectivity index (χ0n) is 17.9. The summed E-state index contributed by atoms with van der Waals surface area (Å²) in [5, 5.41) is 3.49. The second-order valence-corrected chi connectivity index (χ2v) is 8.35. The number of nitrogens with one attached hydrogen (secondary N) is 1. The predicted molar refractivity (Wildman–Crippen MR) is 110 cm³/mol. The van der Waals surface area contributed by atoms with Crippen LogP contribution in [0.3, 0.4) is 0 Å². The largest absolute Gasteiger partial charge is 0.465 e. The van der Waals surface area contributed by atoms with Gasteiger partial charge in [0.2, 0.25) is 0 Å². The fraction of sp³-hybridized carbons (Fsp3) is 0.571. The van der Waals surface area contributed by atoms with Crippen molar-refractivity contribution in [3.8, 4) is 0 Å². The zero-order valence-corrected chi connectivity index (χ0v) is 17.9. The Kier molecular flexibility index (Phi) is 5.42. The number of anilines is 1. The lowest BCUT2D eigenvalue weighted by Crippen LogP contribution is -2.67. The maximum absolute atomic E-state index is 13.3. The fourth-order valence-electron chi connectivity index (χ4n) is 4.71. The van der Waals surface area contributed by atoms with Crippen molar-refractivity contribution >= 4 is 23.6 Å². The average Bonchev–Trinajstić information content (AvgIpc) is 3.08. The molecule has 1 N–H and O–H groups in total. The van der Waals surface area contributed by atoms with Crippen LogP contribution in [0.2, 0.25) is 0 Å². The van der Waals surface area contributed by atoms with Crippen LogP contribution in [0.4, 0.5) is 10.5 Å². The van der Waals surface area contributed by atoms with Crippen molar-refractivity contribution in [1.82, 2.24) is 20.0 Å². The van der Waals surface area contributed by atoms with Crippen LogP contribution in [0, 0.1) is 12.8 Å². The molecule has 3 aliphatic heterocycles. The van der Waals surface area contributed by atoms with Gasteiger partial charge in [0.1, 0.15) is 25.0 Å². The number of nitrogens with zero attached hydrogens (tertiary/aromatic N) is 4. The van der Waals surface area contributed by atoms with Crippen molar-refractivity contribution in [2.24, 2.45) is 5.92 Å². The first kappa shape index (κ1) is 20.6. The molecule has 4 rings (SSSR count). The number of carbonyl (C=O) groups excluding carboxylic acids is 3. The number of likely N-dealkylation sites (N-methyl/N-ethyl adjacent to an activating group) is 1. The molecule has 1 aromatic carbocycles. The number of urea groups is 1. The maximum atomic E-state index is 13.3. The first-order chi connectivity index (χ1) is 14.3. The van der Waals surface area contributed by atoms with Crippen LogP contribution < -0.4 is 10.2 Å². The number of hydrogen-bond acceptors (Lipinski definition) is 7. The Morgan fingerprint density at radius 1 is 1.27 bits per heavy atom. The zero-order chi connectivity index (χ0) is 21.6. The van der Waals surface area contributed by atoms with Gasteiger partial charge in [-0.1, -0.05) is 19.1 Å². The molecule has 1 aromatic rings. The molecule has 0 aliphatic carbocycles. The van der Waals surface area contributed by atoms with Gasteiger partial charge in [-0.15, -0.1) is 0 Å². The summed E-state index contributed by atoms with van der Waals surface area (Å²) in [5.74, 6) is -0.608. The van der Waals surface area contributed by atoms with Gasteiger partial charge in [0, 0.05) is 25.8 Å². The third-order valence-electron chi connectivity index (χ3n) is 6.01. The van der Waals surface area contributed by atoms with E-state index in [1.54, 1.807) is 14.0 Å². The van der Waals surface area contributed by atoms with E-state index in [0.29, 0.717) is 5.92 Å². The Morgan fingerprint density at radius 3 is 2.73 bits per heavy atom. The molecule has 30 heavy (non-hydrogen) atoms. The highest BCUT2D eigenvalue weighted by molar-refractivity contribution is 6.02. The minimum Gasteiger partial charge on any atom is -0.465 e. The first-order valence-corrected chi connectivity index (χ1v) is 10.4. The van der Waals surface area contributed by atoms with Crippen molar-refractivity contribution in [2.75, 3.05) is 38.2 Å². The van der Waals surface area contributed by atoms with Crippen LogP contribution in [0.1, 0.15) is 19.4 Å². The maximum Gasteiger partial charge on any atom is 0.328 e. The average molecular weight is 415 g/mol. The predicted octanol–water partition coefficient (Wildman–Crippen LogP) is 0.792. The molecule has 9 heteroatoms. The molecule has 0 bridgehead atoms. The lowest BCUT2D eigenvalue weighted by molar-refractivity contribution is -0.151. The number of hydrogen-bond donors (Lipinski definition) is 1. The Morgan fingerprint density at radius 2 is 2.03 bits per heavy atom. The van der Waals surface area contributed by atoms with Crippen molar-refractivity contribution < 1.29 is 19.1 Å². The highest BCUT2D eigenvalue weighted by atomic mass is 16.5. The number of ether oxygens (including phenoxy) is 1. The van der Waals surface area contributed by atoms with Crippen LogP contribution in [-0.4, -0.2) is 84.4 Å². The van der Waals surface area contributed by atoms with E-state index >= 15 is 0 Å². The molecule has 4 atom stereocenters. The highest BCUT2D eigenvalue weighted by Crippen LogP contribution is 2.34. The van der Waals surface area contributed by atoms with E-state index in [0.717, 1.165) is 29.2 Å². The van der Waals surface area contributed by atoms with E-state index in [-0.39, 0.29) is 25.3 Å². The lowest BCUT2D eigenvalue weighted by Gasteiger charge is -2.45. The molecule has 0 saturated carbocycles. The van der Waals surface area contributed by atoms with Gasteiger partial charge in [0.15, 0.2) is 0 Å². The van der Waals surface area contributed by atoms with E-state index in [2.05, 4.69) is 47.2 Å². The van der Waals surface area contributed by atoms with Gasteiger partial charge >= 0.3 is 12.0 Å². The van der Waals surface area contributed by atoms with Gasteiger partial charge in [0.25, 0.3) is 5.91 Å². The normalized spacial score (nSPS) is 29.1. The van der Waals surface area contributed by atoms with Crippen LogP contribution in [0.25, 0.3) is 0 Å². The summed E-state index contributed by atoms with van der Waals surface area (Å²) in [4.78, 5) is 45.0. The number of rotatable bonds is 4. The van der Waals surface area contributed by atoms with Gasteiger partial charge in [-0.25, -0.2) is 4.79 Å². The van der Waals surface area contributed by atoms with Gasteiger partial charge in [-0.3, -0.25) is 24.7 Å². The Bertz CT molecular complexity index is 862. The molecular weight excluding hydrogens is 386 g/mol. The van der Waals surface area contributed by atoms with Crippen molar-refractivity contribution in [1.29, 1.82) is 0 Å². The topological polar surface area (TPSA) is 85.4 Å². The van der Waals surface area contributed by atoms with Gasteiger partial charge in [-0.2, -0.15) is 0 Å². The minimum absolute atomic E-state index is 0.204. The minimum atomic E-state index is -0.582. The van der Waals surface area contributed by atoms with E-state index in [4.69, 9.17) is 4.74 Å². The van der Waals surface area contributed by atoms with Crippen LogP contribution >= 0.6 is 0 Å². The SMILES string of the molecule is CCOC(=O)CN1C(=O)C2C(NC3N(c4cccc(C)c4)CC(C)CN23)N(C)C1=O. The Labute approximate surface area is 176 Å². The van der Waals surface area contributed by atoms with Gasteiger partial charge < -0.3 is 14.5 Å². The second-order valence-electron chi connectivity index (χ2n) is 8.35. The van der Waals surface area contributed by atoms with E-state index < -0.39 is 24.2 Å². The Balaban J connectivity index is 1.64. The summed E-state index contributed by atoms with van der Waals surface area (Å²) >= 11 is 0. The van der Waals surface area contributed by atoms with Crippen molar-refractivity contribution in [3.63, 3.8) is 0 Å². The number of aryl methyl sites for hydroxylation is 1. The molecule has 4 unspecified atom stereocenters. The third-order valence-corrected chi connectivity index (χ3v) is 6.01.